The predicted octanol–water partition coefficient (Wildman–Crippen LogP) is 1.70. The van der Waals surface area contributed by atoms with Gasteiger partial charge in [-0.05, 0) is 29.8 Å². The third-order valence-electron chi connectivity index (χ3n) is 4.26. The number of ether oxygens (including phenoxy) is 2. The number of carbonyl (C=O) groups is 1. The van der Waals surface area contributed by atoms with Crippen molar-refractivity contribution in [3.05, 3.63) is 64.2 Å². The van der Waals surface area contributed by atoms with Gasteiger partial charge in [0.2, 0.25) is 5.82 Å². The highest BCUT2D eigenvalue weighted by molar-refractivity contribution is 5.95. The van der Waals surface area contributed by atoms with Gasteiger partial charge in [0.1, 0.15) is 6.17 Å². The smallest absolute Gasteiger partial charge is 0.289 e. The topological polar surface area (TPSA) is 82.5 Å². The number of nitrogens with zero attached hydrogens (tertiary/aromatic N) is 2. The Labute approximate surface area is 142 Å². The van der Waals surface area contributed by atoms with Gasteiger partial charge in [-0.2, -0.15) is 0 Å². The van der Waals surface area contributed by atoms with Crippen LogP contribution < -0.4 is 20.3 Å². The fraction of sp³-hybridized carbons (Fsp3) is 0.167. The van der Waals surface area contributed by atoms with E-state index in [1.807, 2.05) is 0 Å². The van der Waals surface area contributed by atoms with Crippen molar-refractivity contribution in [3.63, 3.8) is 0 Å². The number of amides is 1. The van der Waals surface area contributed by atoms with E-state index in [2.05, 4.69) is 10.3 Å². The third-order valence-corrected chi connectivity index (χ3v) is 4.26. The molecule has 0 spiro atoms. The van der Waals surface area contributed by atoms with Gasteiger partial charge in [-0.15, -0.1) is 0 Å². The Hall–Kier alpha value is -3.35. The lowest BCUT2D eigenvalue weighted by atomic mass is 10.1. The molecule has 3 aromatic rings. The molecule has 1 aromatic heterocycles. The molecule has 7 nitrogen and oxygen atoms in total. The summed E-state index contributed by atoms with van der Waals surface area (Å²) in [6.45, 7) is 0. The van der Waals surface area contributed by atoms with E-state index in [1.165, 1.54) is 11.7 Å². The van der Waals surface area contributed by atoms with Crippen LogP contribution in [0.4, 0.5) is 0 Å². The predicted molar refractivity (Wildman–Crippen MR) is 91.2 cm³/mol. The van der Waals surface area contributed by atoms with E-state index >= 15 is 0 Å². The molecule has 25 heavy (non-hydrogen) atoms. The molecule has 1 aliphatic rings. The summed E-state index contributed by atoms with van der Waals surface area (Å²) < 4.78 is 11.9. The maximum absolute atomic E-state index is 12.9. The van der Waals surface area contributed by atoms with Crippen LogP contribution in [0.3, 0.4) is 0 Å². The molecule has 0 saturated carbocycles. The SMILES string of the molecule is COc1ccc([C@@H]2NC(=O)c3nc4ccccc4c(=O)n32)cc1OC. The Morgan fingerprint density at radius 1 is 1.04 bits per heavy atom. The highest BCUT2D eigenvalue weighted by atomic mass is 16.5. The van der Waals surface area contributed by atoms with E-state index in [9.17, 15) is 9.59 Å². The molecule has 0 fully saturated rings. The molecule has 2 aromatic carbocycles. The van der Waals surface area contributed by atoms with Gasteiger partial charge in [0.15, 0.2) is 11.5 Å². The lowest BCUT2D eigenvalue weighted by molar-refractivity contribution is 0.0956. The molecule has 1 atom stereocenters. The summed E-state index contributed by atoms with van der Waals surface area (Å²) in [4.78, 5) is 29.6. The van der Waals surface area contributed by atoms with Crippen molar-refractivity contribution in [1.82, 2.24) is 14.9 Å². The molecule has 7 heteroatoms. The van der Waals surface area contributed by atoms with Crippen molar-refractivity contribution in [2.24, 2.45) is 0 Å². The summed E-state index contributed by atoms with van der Waals surface area (Å²) in [6, 6.07) is 12.2. The molecule has 0 saturated heterocycles. The highest BCUT2D eigenvalue weighted by Gasteiger charge is 2.33. The lowest BCUT2D eigenvalue weighted by Gasteiger charge is -2.16. The molecule has 0 aliphatic carbocycles. The molecular weight excluding hydrogens is 322 g/mol. The molecule has 126 valence electrons. The Morgan fingerprint density at radius 3 is 2.56 bits per heavy atom. The van der Waals surface area contributed by atoms with Crippen molar-refractivity contribution in [3.8, 4) is 11.5 Å². The van der Waals surface area contributed by atoms with Gasteiger partial charge < -0.3 is 14.8 Å². The second-order valence-electron chi connectivity index (χ2n) is 5.62. The van der Waals surface area contributed by atoms with Gasteiger partial charge in [-0.3, -0.25) is 14.2 Å². The number of methoxy groups -OCH3 is 2. The van der Waals surface area contributed by atoms with E-state index < -0.39 is 6.17 Å². The molecule has 1 N–H and O–H groups in total. The number of carbonyl (C=O) groups excluding carboxylic acids is 1. The summed E-state index contributed by atoms with van der Waals surface area (Å²) in [7, 11) is 3.08. The minimum absolute atomic E-state index is 0.100. The third kappa shape index (κ3) is 2.24. The van der Waals surface area contributed by atoms with Crippen LogP contribution in [-0.4, -0.2) is 29.7 Å². The Morgan fingerprint density at radius 2 is 1.80 bits per heavy atom. The van der Waals surface area contributed by atoms with Crippen LogP contribution in [0.15, 0.2) is 47.3 Å². The molecule has 0 radical (unpaired) electrons. The van der Waals surface area contributed by atoms with E-state index in [0.717, 1.165) is 0 Å². The summed E-state index contributed by atoms with van der Waals surface area (Å²) in [5.74, 6) is 0.801. The first-order valence-electron chi connectivity index (χ1n) is 7.68. The summed E-state index contributed by atoms with van der Waals surface area (Å²) >= 11 is 0. The molecular formula is C18H15N3O4. The Balaban J connectivity index is 1.93. The van der Waals surface area contributed by atoms with Crippen LogP contribution in [0.2, 0.25) is 0 Å². The maximum Gasteiger partial charge on any atom is 0.289 e. The zero-order chi connectivity index (χ0) is 17.6. The van der Waals surface area contributed by atoms with Crippen LogP contribution in [0.1, 0.15) is 22.3 Å². The van der Waals surface area contributed by atoms with Gasteiger partial charge in [-0.1, -0.05) is 18.2 Å². The van der Waals surface area contributed by atoms with Gasteiger partial charge in [0, 0.05) is 0 Å². The van der Waals surface area contributed by atoms with Gasteiger partial charge in [-0.25, -0.2) is 4.98 Å². The number of fused-ring (bicyclic) bond motifs is 2. The summed E-state index contributed by atoms with van der Waals surface area (Å²) in [5.41, 5.74) is 0.935. The molecule has 1 aliphatic heterocycles. The Bertz CT molecular complexity index is 1060. The molecule has 1 amide bonds. The van der Waals surface area contributed by atoms with Gasteiger partial charge >= 0.3 is 0 Å². The van der Waals surface area contributed by atoms with Crippen molar-refractivity contribution in [1.29, 1.82) is 0 Å². The average molecular weight is 337 g/mol. The molecule has 0 unspecified atom stereocenters. The van der Waals surface area contributed by atoms with E-state index in [0.29, 0.717) is 28.0 Å². The maximum atomic E-state index is 12.9. The lowest BCUT2D eigenvalue weighted by Crippen LogP contribution is -2.28. The van der Waals surface area contributed by atoms with Crippen LogP contribution in [0, 0.1) is 0 Å². The van der Waals surface area contributed by atoms with Gasteiger partial charge in [0.05, 0.1) is 25.1 Å². The second kappa shape index (κ2) is 5.62. The Kier molecular flexibility index (Phi) is 3.42. The minimum atomic E-state index is -0.646. The zero-order valence-electron chi connectivity index (χ0n) is 13.6. The fourth-order valence-corrected chi connectivity index (χ4v) is 3.05. The van der Waals surface area contributed by atoms with Gasteiger partial charge in [0.25, 0.3) is 11.5 Å². The fourth-order valence-electron chi connectivity index (χ4n) is 3.05. The van der Waals surface area contributed by atoms with E-state index in [4.69, 9.17) is 9.47 Å². The first-order chi connectivity index (χ1) is 12.1. The van der Waals surface area contributed by atoms with Crippen LogP contribution in [-0.2, 0) is 0 Å². The van der Waals surface area contributed by atoms with Crippen LogP contribution >= 0.6 is 0 Å². The van der Waals surface area contributed by atoms with Crippen LogP contribution in [0.25, 0.3) is 10.9 Å². The first-order valence-corrected chi connectivity index (χ1v) is 7.68. The van der Waals surface area contributed by atoms with E-state index in [1.54, 1.807) is 49.6 Å². The summed E-state index contributed by atoms with van der Waals surface area (Å²) in [6.07, 6.45) is -0.646. The second-order valence-corrected chi connectivity index (χ2v) is 5.62. The van der Waals surface area contributed by atoms with Crippen molar-refractivity contribution >= 4 is 16.8 Å². The number of para-hydroxylation sites is 1. The number of nitrogens with one attached hydrogen (secondary N) is 1. The largest absolute Gasteiger partial charge is 0.493 e. The first kappa shape index (κ1) is 15.2. The standard InChI is InChI=1S/C18H15N3O4/c1-24-13-8-7-10(9-14(13)25-2)15-20-17(22)16-19-12-6-4-3-5-11(12)18(23)21(15)16/h3-9,15H,1-2H3,(H,20,22)/t15-/m1/s1. The average Bonchev–Trinajstić information content (AvgIpc) is 2.98. The molecule has 2 heterocycles. The highest BCUT2D eigenvalue weighted by Crippen LogP contribution is 2.32. The zero-order valence-corrected chi connectivity index (χ0v) is 13.6. The minimum Gasteiger partial charge on any atom is -0.493 e. The molecule has 4 rings (SSSR count). The van der Waals surface area contributed by atoms with Crippen LogP contribution in [0.5, 0.6) is 11.5 Å². The van der Waals surface area contributed by atoms with Crippen molar-refractivity contribution in [2.45, 2.75) is 6.17 Å². The number of hydrogen-bond donors (Lipinski definition) is 1. The van der Waals surface area contributed by atoms with Crippen molar-refractivity contribution in [2.75, 3.05) is 14.2 Å². The number of benzene rings is 2. The quantitative estimate of drug-likeness (QED) is 0.787. The normalized spacial score (nSPS) is 15.8. The van der Waals surface area contributed by atoms with E-state index in [-0.39, 0.29) is 17.3 Å². The number of rotatable bonds is 3. The van der Waals surface area contributed by atoms with Crippen molar-refractivity contribution < 1.29 is 14.3 Å². The monoisotopic (exact) mass is 337 g/mol. The molecule has 0 bridgehead atoms. The summed E-state index contributed by atoms with van der Waals surface area (Å²) in [5, 5.41) is 3.27. The number of hydrogen-bond acceptors (Lipinski definition) is 5. The number of aromatic nitrogens is 2.